The minimum Gasteiger partial charge on any atom is -0.490 e. The van der Waals surface area contributed by atoms with Crippen molar-refractivity contribution >= 4 is 15.5 Å². The molecule has 0 unspecified atom stereocenters. The average Bonchev–Trinajstić information content (AvgIpc) is 2.55. The number of halogens is 4. The van der Waals surface area contributed by atoms with Crippen LogP contribution in [0.2, 0.25) is 0 Å². The van der Waals surface area contributed by atoms with E-state index in [-0.39, 0.29) is 18.4 Å². The highest BCUT2D eigenvalue weighted by Gasteiger charge is 2.46. The van der Waals surface area contributed by atoms with E-state index >= 15 is 0 Å². The largest absolute Gasteiger partial charge is 0.501 e. The zero-order valence-corrected chi connectivity index (χ0v) is 13.5. The highest BCUT2D eigenvalue weighted by Crippen LogP contribution is 2.36. The second-order valence-electron chi connectivity index (χ2n) is 5.47. The van der Waals surface area contributed by atoms with Crippen molar-refractivity contribution in [3.05, 3.63) is 53.8 Å². The number of hydrogen-bond donors (Lipinski definition) is 1. The number of anilines is 1. The van der Waals surface area contributed by atoms with Crippen LogP contribution in [0.5, 0.6) is 5.75 Å². The van der Waals surface area contributed by atoms with Gasteiger partial charge in [-0.05, 0) is 30.3 Å². The molecule has 0 radical (unpaired) electrons. The lowest BCUT2D eigenvalue weighted by molar-refractivity contribution is -0.0436. The summed E-state index contributed by atoms with van der Waals surface area (Å²) in [7, 11) is -5.38. The zero-order valence-electron chi connectivity index (χ0n) is 12.7. The van der Waals surface area contributed by atoms with Gasteiger partial charge in [0.2, 0.25) is 0 Å². The fourth-order valence-electron chi connectivity index (χ4n) is 2.60. The monoisotopic (exact) mass is 375 g/mol. The van der Waals surface area contributed by atoms with Gasteiger partial charge in [0.25, 0.3) is 9.84 Å². The molecule has 1 atom stereocenters. The van der Waals surface area contributed by atoms with Gasteiger partial charge in [0, 0.05) is 17.7 Å². The van der Waals surface area contributed by atoms with E-state index < -0.39 is 26.1 Å². The van der Waals surface area contributed by atoms with Crippen molar-refractivity contribution in [1.82, 2.24) is 0 Å². The number of nitrogens with one attached hydrogen (secondary N) is 1. The summed E-state index contributed by atoms with van der Waals surface area (Å²) in [5.74, 6) is -0.349. The summed E-state index contributed by atoms with van der Waals surface area (Å²) < 4.78 is 79.4. The van der Waals surface area contributed by atoms with E-state index in [0.29, 0.717) is 17.7 Å². The van der Waals surface area contributed by atoms with Gasteiger partial charge in [-0.2, -0.15) is 13.2 Å². The Balaban J connectivity index is 1.84. The molecule has 4 nitrogen and oxygen atoms in total. The molecule has 0 aromatic heterocycles. The molecule has 0 bridgehead atoms. The molecule has 1 N–H and O–H groups in total. The lowest BCUT2D eigenvalue weighted by Crippen LogP contribution is -2.23. The van der Waals surface area contributed by atoms with Crippen LogP contribution in [0.25, 0.3) is 0 Å². The van der Waals surface area contributed by atoms with Gasteiger partial charge in [0.1, 0.15) is 0 Å². The maximum Gasteiger partial charge on any atom is 0.501 e. The van der Waals surface area contributed by atoms with Crippen LogP contribution in [0.3, 0.4) is 0 Å². The summed E-state index contributed by atoms with van der Waals surface area (Å²) in [6, 6.07) is 8.46. The Morgan fingerprint density at radius 2 is 1.76 bits per heavy atom. The highest BCUT2D eigenvalue weighted by atomic mass is 32.2. The normalized spacial score (nSPS) is 17.5. The number of alkyl halides is 3. The first-order valence-corrected chi connectivity index (χ1v) is 8.77. The third-order valence-corrected chi connectivity index (χ3v) is 5.34. The first-order chi connectivity index (χ1) is 11.7. The lowest BCUT2D eigenvalue weighted by Gasteiger charge is -2.27. The van der Waals surface area contributed by atoms with Gasteiger partial charge in [-0.15, -0.1) is 0 Å². The summed E-state index contributed by atoms with van der Waals surface area (Å²) in [4.78, 5) is -0.830. The first kappa shape index (κ1) is 17.5. The van der Waals surface area contributed by atoms with Crippen LogP contribution < -0.4 is 10.1 Å². The number of rotatable bonds is 3. The van der Waals surface area contributed by atoms with E-state index in [1.54, 1.807) is 6.07 Å². The Labute approximate surface area is 141 Å². The van der Waals surface area contributed by atoms with Crippen molar-refractivity contribution in [2.75, 3.05) is 11.9 Å². The van der Waals surface area contributed by atoms with Gasteiger partial charge in [-0.3, -0.25) is 0 Å². The Morgan fingerprint density at radius 1 is 1.08 bits per heavy atom. The fraction of sp³-hybridized carbons (Fsp3) is 0.250. The molecule has 0 saturated heterocycles. The standard InChI is InChI=1S/C16H13F4NO3S/c17-13-3-1-2-12-14(8-9-24-15(12)13)21-10-4-6-11(7-5-10)25(22,23)16(18,19)20/h1-7,14,21H,8-9H2/t14-/m0/s1. The molecule has 1 heterocycles. The van der Waals surface area contributed by atoms with Crippen LogP contribution in [-0.4, -0.2) is 20.5 Å². The molecule has 1 aliphatic heterocycles. The molecule has 0 spiro atoms. The summed E-state index contributed by atoms with van der Waals surface area (Å²) in [6.07, 6.45) is 0.527. The second kappa shape index (κ2) is 6.21. The second-order valence-corrected chi connectivity index (χ2v) is 7.41. The Bertz CT molecular complexity index is 879. The number of benzene rings is 2. The number of fused-ring (bicyclic) bond motifs is 1. The van der Waals surface area contributed by atoms with Crippen LogP contribution in [-0.2, 0) is 9.84 Å². The van der Waals surface area contributed by atoms with Crippen molar-refractivity contribution in [3.8, 4) is 5.75 Å². The quantitative estimate of drug-likeness (QED) is 0.823. The molecule has 0 saturated carbocycles. The van der Waals surface area contributed by atoms with Crippen molar-refractivity contribution in [2.24, 2.45) is 0 Å². The summed E-state index contributed by atoms with van der Waals surface area (Å²) in [6.45, 7) is 0.284. The number of ether oxygens (including phenoxy) is 1. The Morgan fingerprint density at radius 3 is 2.40 bits per heavy atom. The molecule has 0 amide bonds. The van der Waals surface area contributed by atoms with Gasteiger partial charge in [-0.1, -0.05) is 12.1 Å². The predicted octanol–water partition coefficient (Wildman–Crippen LogP) is 4.05. The molecule has 3 rings (SSSR count). The SMILES string of the molecule is O=S(=O)(c1ccc(N[C@H]2CCOc3c(F)cccc32)cc1)C(F)(F)F. The maximum atomic E-state index is 13.8. The van der Waals surface area contributed by atoms with Crippen molar-refractivity contribution < 1.29 is 30.7 Å². The van der Waals surface area contributed by atoms with Crippen LogP contribution in [0.4, 0.5) is 23.2 Å². The molecule has 9 heteroatoms. The summed E-state index contributed by atoms with van der Waals surface area (Å²) in [5, 5.41) is 3.06. The molecule has 2 aromatic rings. The third kappa shape index (κ3) is 3.28. The molecule has 2 aromatic carbocycles. The molecular weight excluding hydrogens is 362 g/mol. The van der Waals surface area contributed by atoms with Crippen LogP contribution >= 0.6 is 0 Å². The molecular formula is C16H13F4NO3S. The summed E-state index contributed by atoms with van der Waals surface area (Å²) in [5.41, 5.74) is -4.33. The van der Waals surface area contributed by atoms with Gasteiger partial charge in [0.15, 0.2) is 11.6 Å². The van der Waals surface area contributed by atoms with E-state index in [1.807, 2.05) is 0 Å². The topological polar surface area (TPSA) is 55.4 Å². The average molecular weight is 375 g/mol. The number of sulfone groups is 1. The van der Waals surface area contributed by atoms with Gasteiger partial charge >= 0.3 is 5.51 Å². The number of para-hydroxylation sites is 1. The molecule has 0 fully saturated rings. The third-order valence-electron chi connectivity index (χ3n) is 3.84. The van der Waals surface area contributed by atoms with Gasteiger partial charge < -0.3 is 10.1 Å². The molecule has 25 heavy (non-hydrogen) atoms. The lowest BCUT2D eigenvalue weighted by atomic mass is 10.00. The summed E-state index contributed by atoms with van der Waals surface area (Å²) >= 11 is 0. The van der Waals surface area contributed by atoms with Crippen LogP contribution in [0.15, 0.2) is 47.4 Å². The van der Waals surface area contributed by atoms with Crippen molar-refractivity contribution in [3.63, 3.8) is 0 Å². The van der Waals surface area contributed by atoms with Crippen LogP contribution in [0.1, 0.15) is 18.0 Å². The highest BCUT2D eigenvalue weighted by molar-refractivity contribution is 7.92. The van der Waals surface area contributed by atoms with E-state index in [1.165, 1.54) is 24.3 Å². The van der Waals surface area contributed by atoms with Gasteiger partial charge in [-0.25, -0.2) is 12.8 Å². The van der Waals surface area contributed by atoms with E-state index in [9.17, 15) is 26.0 Å². The smallest absolute Gasteiger partial charge is 0.490 e. The van der Waals surface area contributed by atoms with Crippen LogP contribution in [0, 0.1) is 5.82 Å². The van der Waals surface area contributed by atoms with Gasteiger partial charge in [0.05, 0.1) is 17.5 Å². The minimum absolute atomic E-state index is 0.141. The van der Waals surface area contributed by atoms with E-state index in [2.05, 4.69) is 5.32 Å². The minimum atomic E-state index is -5.38. The zero-order chi connectivity index (χ0) is 18.2. The fourth-order valence-corrected chi connectivity index (χ4v) is 3.36. The van der Waals surface area contributed by atoms with Crippen molar-refractivity contribution in [2.45, 2.75) is 22.9 Å². The van der Waals surface area contributed by atoms with Crippen molar-refractivity contribution in [1.29, 1.82) is 0 Å². The van der Waals surface area contributed by atoms with E-state index in [4.69, 9.17) is 4.74 Å². The molecule has 0 aliphatic carbocycles. The first-order valence-electron chi connectivity index (χ1n) is 7.29. The molecule has 1 aliphatic rings. The molecule has 134 valence electrons. The van der Waals surface area contributed by atoms with E-state index in [0.717, 1.165) is 12.1 Å². The maximum absolute atomic E-state index is 13.8. The number of hydrogen-bond acceptors (Lipinski definition) is 4. The predicted molar refractivity (Wildman–Crippen MR) is 82.6 cm³/mol. The Hall–Kier alpha value is -2.29. The Kier molecular flexibility index (Phi) is 4.36.